The van der Waals surface area contributed by atoms with Gasteiger partial charge in [-0.3, -0.25) is 4.79 Å². The zero-order chi connectivity index (χ0) is 11.8. The lowest BCUT2D eigenvalue weighted by Crippen LogP contribution is -2.44. The standard InChI is InChI=1S/C11H11NO4/c1-16-10(14)11(15)6-9(13)12-8-5-3-2-4-7(8)11/h2-5,15H,6H2,1H3,(H,12,13). The average molecular weight is 221 g/mol. The van der Waals surface area contributed by atoms with Crippen molar-refractivity contribution in [1.82, 2.24) is 0 Å². The third-order valence-electron chi connectivity index (χ3n) is 2.59. The van der Waals surface area contributed by atoms with E-state index in [0.29, 0.717) is 11.3 Å². The molecule has 0 aromatic heterocycles. The number of carbonyl (C=O) groups excluding carboxylic acids is 2. The molecule has 0 radical (unpaired) electrons. The lowest BCUT2D eigenvalue weighted by molar-refractivity contribution is -0.166. The van der Waals surface area contributed by atoms with Gasteiger partial charge in [-0.25, -0.2) is 4.79 Å². The highest BCUT2D eigenvalue weighted by Gasteiger charge is 2.45. The highest BCUT2D eigenvalue weighted by molar-refractivity contribution is 6.01. The van der Waals surface area contributed by atoms with Gasteiger partial charge in [0.15, 0.2) is 5.60 Å². The minimum atomic E-state index is -1.88. The first-order valence-corrected chi connectivity index (χ1v) is 4.78. The molecule has 2 N–H and O–H groups in total. The van der Waals surface area contributed by atoms with Crippen molar-refractivity contribution >= 4 is 17.6 Å². The van der Waals surface area contributed by atoms with Crippen molar-refractivity contribution in [2.75, 3.05) is 12.4 Å². The fourth-order valence-electron chi connectivity index (χ4n) is 1.83. The topological polar surface area (TPSA) is 75.6 Å². The number of benzene rings is 1. The Morgan fingerprint density at radius 2 is 2.19 bits per heavy atom. The highest BCUT2D eigenvalue weighted by Crippen LogP contribution is 2.36. The summed E-state index contributed by atoms with van der Waals surface area (Å²) in [6, 6.07) is 6.61. The van der Waals surface area contributed by atoms with E-state index in [1.807, 2.05) is 0 Å². The molecule has 5 nitrogen and oxygen atoms in total. The predicted molar refractivity (Wildman–Crippen MR) is 55.6 cm³/mol. The van der Waals surface area contributed by atoms with Gasteiger partial charge in [0, 0.05) is 11.3 Å². The number of rotatable bonds is 1. The summed E-state index contributed by atoms with van der Waals surface area (Å²) >= 11 is 0. The number of hydrogen-bond donors (Lipinski definition) is 2. The molecule has 0 saturated heterocycles. The van der Waals surface area contributed by atoms with E-state index in [4.69, 9.17) is 0 Å². The van der Waals surface area contributed by atoms with Gasteiger partial charge in [0.25, 0.3) is 0 Å². The van der Waals surface area contributed by atoms with Gasteiger partial charge in [-0.1, -0.05) is 18.2 Å². The first-order valence-electron chi connectivity index (χ1n) is 4.78. The zero-order valence-corrected chi connectivity index (χ0v) is 8.69. The molecule has 5 heteroatoms. The van der Waals surface area contributed by atoms with Gasteiger partial charge in [-0.2, -0.15) is 0 Å². The van der Waals surface area contributed by atoms with E-state index in [-0.39, 0.29) is 6.42 Å². The van der Waals surface area contributed by atoms with Crippen LogP contribution in [0.4, 0.5) is 5.69 Å². The van der Waals surface area contributed by atoms with E-state index in [2.05, 4.69) is 10.1 Å². The molecule has 1 aliphatic rings. The minimum absolute atomic E-state index is 0.323. The molecule has 1 unspecified atom stereocenters. The molecular weight excluding hydrogens is 210 g/mol. The van der Waals surface area contributed by atoms with Gasteiger partial charge in [-0.15, -0.1) is 0 Å². The molecule has 0 aliphatic carbocycles. The second-order valence-corrected chi connectivity index (χ2v) is 3.62. The lowest BCUT2D eigenvalue weighted by Gasteiger charge is -2.31. The Kier molecular flexibility index (Phi) is 2.40. The van der Waals surface area contributed by atoms with E-state index in [0.717, 1.165) is 0 Å². The number of methoxy groups -OCH3 is 1. The van der Waals surface area contributed by atoms with Crippen molar-refractivity contribution in [3.63, 3.8) is 0 Å². The number of fused-ring (bicyclic) bond motifs is 1. The van der Waals surface area contributed by atoms with Crippen LogP contribution in [0, 0.1) is 0 Å². The van der Waals surface area contributed by atoms with Crippen LogP contribution in [-0.4, -0.2) is 24.1 Å². The molecule has 1 aliphatic heterocycles. The number of aliphatic hydroxyl groups is 1. The van der Waals surface area contributed by atoms with Gasteiger partial charge < -0.3 is 15.2 Å². The predicted octanol–water partition coefficient (Wildman–Crippen LogP) is 0.389. The first kappa shape index (κ1) is 10.6. The van der Waals surface area contributed by atoms with Crippen LogP contribution in [0.2, 0.25) is 0 Å². The Morgan fingerprint density at radius 3 is 2.88 bits per heavy atom. The van der Waals surface area contributed by atoms with Crippen molar-refractivity contribution in [3.8, 4) is 0 Å². The van der Waals surface area contributed by atoms with Gasteiger partial charge in [0.2, 0.25) is 5.91 Å². The van der Waals surface area contributed by atoms with Gasteiger partial charge in [0.05, 0.1) is 13.5 Å². The third-order valence-corrected chi connectivity index (χ3v) is 2.59. The Labute approximate surface area is 92.0 Å². The summed E-state index contributed by atoms with van der Waals surface area (Å²) in [4.78, 5) is 22.9. The number of amides is 1. The second kappa shape index (κ2) is 3.61. The van der Waals surface area contributed by atoms with E-state index >= 15 is 0 Å². The van der Waals surface area contributed by atoms with Crippen molar-refractivity contribution < 1.29 is 19.4 Å². The van der Waals surface area contributed by atoms with E-state index < -0.39 is 17.5 Å². The molecule has 0 bridgehead atoms. The number of hydrogen-bond acceptors (Lipinski definition) is 4. The molecule has 1 amide bonds. The smallest absolute Gasteiger partial charge is 0.343 e. The molecule has 0 saturated carbocycles. The fraction of sp³-hybridized carbons (Fsp3) is 0.273. The summed E-state index contributed by atoms with van der Waals surface area (Å²) in [5.74, 6) is -1.23. The summed E-state index contributed by atoms with van der Waals surface area (Å²) in [6.07, 6.45) is -0.323. The normalized spacial score (nSPS) is 23.2. The summed E-state index contributed by atoms with van der Waals surface area (Å²) < 4.78 is 4.53. The van der Waals surface area contributed by atoms with Crippen LogP contribution >= 0.6 is 0 Å². The van der Waals surface area contributed by atoms with E-state index in [1.54, 1.807) is 24.3 Å². The Morgan fingerprint density at radius 1 is 1.50 bits per heavy atom. The number of anilines is 1. The zero-order valence-electron chi connectivity index (χ0n) is 8.69. The summed E-state index contributed by atoms with van der Waals surface area (Å²) in [5.41, 5.74) is -1.08. The number of nitrogens with one attached hydrogen (secondary N) is 1. The molecule has 1 aromatic carbocycles. The van der Waals surface area contributed by atoms with Crippen molar-refractivity contribution in [2.45, 2.75) is 12.0 Å². The minimum Gasteiger partial charge on any atom is -0.467 e. The monoisotopic (exact) mass is 221 g/mol. The SMILES string of the molecule is COC(=O)C1(O)CC(=O)Nc2ccccc21. The number of carbonyl (C=O) groups is 2. The maximum atomic E-state index is 11.5. The van der Waals surface area contributed by atoms with Crippen LogP contribution in [0.15, 0.2) is 24.3 Å². The quantitative estimate of drug-likeness (QED) is 0.672. The summed E-state index contributed by atoms with van der Waals surface area (Å²) in [5, 5.41) is 12.8. The Balaban J connectivity index is 2.56. The number of ether oxygens (including phenoxy) is 1. The average Bonchev–Trinajstić information content (AvgIpc) is 2.27. The number of para-hydroxylation sites is 1. The van der Waals surface area contributed by atoms with Crippen molar-refractivity contribution in [2.24, 2.45) is 0 Å². The second-order valence-electron chi connectivity index (χ2n) is 3.62. The maximum absolute atomic E-state index is 11.5. The fourth-order valence-corrected chi connectivity index (χ4v) is 1.83. The molecule has 1 atom stereocenters. The van der Waals surface area contributed by atoms with Crippen LogP contribution in [0.1, 0.15) is 12.0 Å². The van der Waals surface area contributed by atoms with E-state index in [1.165, 1.54) is 7.11 Å². The maximum Gasteiger partial charge on any atom is 0.343 e. The molecular formula is C11H11NO4. The summed E-state index contributed by atoms with van der Waals surface area (Å²) in [6.45, 7) is 0. The Hall–Kier alpha value is -1.88. The van der Waals surface area contributed by atoms with Crippen LogP contribution in [0.3, 0.4) is 0 Å². The van der Waals surface area contributed by atoms with Crippen LogP contribution in [-0.2, 0) is 19.9 Å². The Bertz CT molecular complexity index is 457. The highest BCUT2D eigenvalue weighted by atomic mass is 16.5. The molecule has 2 rings (SSSR count). The first-order chi connectivity index (χ1) is 7.58. The van der Waals surface area contributed by atoms with Gasteiger partial charge in [-0.05, 0) is 6.07 Å². The molecule has 84 valence electrons. The largest absolute Gasteiger partial charge is 0.467 e. The van der Waals surface area contributed by atoms with Gasteiger partial charge >= 0.3 is 5.97 Å². The van der Waals surface area contributed by atoms with Crippen molar-refractivity contribution in [3.05, 3.63) is 29.8 Å². The third kappa shape index (κ3) is 1.45. The molecule has 16 heavy (non-hydrogen) atoms. The lowest BCUT2D eigenvalue weighted by atomic mass is 9.86. The van der Waals surface area contributed by atoms with Gasteiger partial charge in [0.1, 0.15) is 0 Å². The van der Waals surface area contributed by atoms with Crippen molar-refractivity contribution in [1.29, 1.82) is 0 Å². The molecule has 1 aromatic rings. The summed E-state index contributed by atoms with van der Waals surface area (Å²) in [7, 11) is 1.18. The van der Waals surface area contributed by atoms with E-state index in [9.17, 15) is 14.7 Å². The van der Waals surface area contributed by atoms with Crippen LogP contribution < -0.4 is 5.32 Å². The van der Waals surface area contributed by atoms with Crippen LogP contribution in [0.5, 0.6) is 0 Å². The molecule has 0 fully saturated rings. The molecule has 0 spiro atoms. The molecule has 1 heterocycles. The number of esters is 1. The van der Waals surface area contributed by atoms with Crippen LogP contribution in [0.25, 0.3) is 0 Å².